The van der Waals surface area contributed by atoms with Crippen LogP contribution in [-0.2, 0) is 9.53 Å². The quantitative estimate of drug-likeness (QED) is 0.734. The second-order valence-electron chi connectivity index (χ2n) is 7.33. The van der Waals surface area contributed by atoms with Crippen LogP contribution >= 0.6 is 0 Å². The number of fused-ring (bicyclic) bond motifs is 1. The summed E-state index contributed by atoms with van der Waals surface area (Å²) in [5, 5.41) is 2.84. The van der Waals surface area contributed by atoms with Gasteiger partial charge in [-0.05, 0) is 35.9 Å². The van der Waals surface area contributed by atoms with Crippen molar-refractivity contribution in [3.63, 3.8) is 0 Å². The first kappa shape index (κ1) is 20.2. The molecule has 2 heterocycles. The van der Waals surface area contributed by atoms with Gasteiger partial charge in [0, 0.05) is 38.2 Å². The molecule has 0 aliphatic carbocycles. The van der Waals surface area contributed by atoms with Crippen LogP contribution in [0, 0.1) is 11.7 Å². The highest BCUT2D eigenvalue weighted by Gasteiger charge is 2.40. The molecule has 2 atom stereocenters. The molecule has 158 valence electrons. The van der Waals surface area contributed by atoms with Crippen LogP contribution in [0.25, 0.3) is 0 Å². The van der Waals surface area contributed by atoms with Crippen molar-refractivity contribution in [3.8, 4) is 11.5 Å². The van der Waals surface area contributed by atoms with Crippen molar-refractivity contribution in [2.75, 3.05) is 40.1 Å². The molecule has 2 aliphatic heterocycles. The molecule has 4 rings (SSSR count). The maximum Gasteiger partial charge on any atom is 0.254 e. The standard InChI is InChI=1S/C22H23FN2O5/c1-28-8-7-24-21(26)18-12-25(11-17(18)14-3-2-4-16(23)9-14)22(27)15-5-6-19-20(10-15)30-13-29-19/h2-6,9-10,17-18H,7-8,11-13H2,1H3,(H,24,26)/t17-,18+/m1/s1. The molecule has 0 radical (unpaired) electrons. The van der Waals surface area contributed by atoms with E-state index in [9.17, 15) is 14.0 Å². The van der Waals surface area contributed by atoms with Crippen molar-refractivity contribution in [2.24, 2.45) is 5.92 Å². The van der Waals surface area contributed by atoms with Gasteiger partial charge in [-0.3, -0.25) is 9.59 Å². The number of hydrogen-bond acceptors (Lipinski definition) is 5. The Morgan fingerprint density at radius 3 is 2.80 bits per heavy atom. The molecule has 2 amide bonds. The summed E-state index contributed by atoms with van der Waals surface area (Å²) in [5.41, 5.74) is 1.15. The smallest absolute Gasteiger partial charge is 0.254 e. The lowest BCUT2D eigenvalue weighted by molar-refractivity contribution is -0.125. The normalized spacial score (nSPS) is 19.7. The molecule has 30 heavy (non-hydrogen) atoms. The fourth-order valence-corrected chi connectivity index (χ4v) is 3.93. The lowest BCUT2D eigenvalue weighted by Gasteiger charge is -2.18. The van der Waals surface area contributed by atoms with Gasteiger partial charge in [0.2, 0.25) is 12.7 Å². The minimum absolute atomic E-state index is 0.127. The number of rotatable bonds is 6. The maximum atomic E-state index is 13.8. The Bertz CT molecular complexity index is 951. The number of methoxy groups -OCH3 is 1. The predicted octanol–water partition coefficient (Wildman–Crippen LogP) is 2.17. The number of carbonyl (C=O) groups is 2. The lowest BCUT2D eigenvalue weighted by Crippen LogP contribution is -2.37. The molecular weight excluding hydrogens is 391 g/mol. The Morgan fingerprint density at radius 1 is 1.17 bits per heavy atom. The number of likely N-dealkylation sites (tertiary alicyclic amines) is 1. The Kier molecular flexibility index (Phi) is 5.85. The van der Waals surface area contributed by atoms with E-state index in [0.717, 1.165) is 0 Å². The second kappa shape index (κ2) is 8.71. The Morgan fingerprint density at radius 2 is 2.00 bits per heavy atom. The SMILES string of the molecule is COCCNC(=O)[C@H]1CN(C(=O)c2ccc3c(c2)OCO3)C[C@@H]1c1cccc(F)c1. The zero-order chi connectivity index (χ0) is 21.1. The molecular formula is C22H23FN2O5. The summed E-state index contributed by atoms with van der Waals surface area (Å²) in [6, 6.07) is 11.2. The number of benzene rings is 2. The van der Waals surface area contributed by atoms with E-state index in [4.69, 9.17) is 14.2 Å². The third kappa shape index (κ3) is 4.09. The molecule has 1 fully saturated rings. The Labute approximate surface area is 173 Å². The summed E-state index contributed by atoms with van der Waals surface area (Å²) in [5.74, 6) is -0.421. The molecule has 2 aliphatic rings. The molecule has 1 N–H and O–H groups in total. The third-order valence-electron chi connectivity index (χ3n) is 5.45. The summed E-state index contributed by atoms with van der Waals surface area (Å²) in [6.07, 6.45) is 0. The molecule has 0 unspecified atom stereocenters. The lowest BCUT2D eigenvalue weighted by atomic mass is 9.88. The van der Waals surface area contributed by atoms with E-state index in [0.29, 0.717) is 42.3 Å². The van der Waals surface area contributed by atoms with E-state index in [1.807, 2.05) is 0 Å². The first-order chi connectivity index (χ1) is 14.6. The number of amides is 2. The van der Waals surface area contributed by atoms with Gasteiger partial charge in [-0.1, -0.05) is 12.1 Å². The summed E-state index contributed by atoms with van der Waals surface area (Å²) < 4.78 is 29.5. The summed E-state index contributed by atoms with van der Waals surface area (Å²) in [4.78, 5) is 27.6. The minimum Gasteiger partial charge on any atom is -0.454 e. The van der Waals surface area contributed by atoms with Crippen LogP contribution < -0.4 is 14.8 Å². The zero-order valence-electron chi connectivity index (χ0n) is 16.6. The average Bonchev–Trinajstić information content (AvgIpc) is 3.40. The first-order valence-electron chi connectivity index (χ1n) is 9.78. The molecule has 8 heteroatoms. The molecule has 2 aromatic rings. The minimum atomic E-state index is -0.485. The zero-order valence-corrected chi connectivity index (χ0v) is 16.6. The maximum absolute atomic E-state index is 13.8. The third-order valence-corrected chi connectivity index (χ3v) is 5.45. The van der Waals surface area contributed by atoms with Crippen LogP contribution in [-0.4, -0.2) is 56.9 Å². The molecule has 0 saturated carbocycles. The highest BCUT2D eigenvalue weighted by Crippen LogP contribution is 2.36. The van der Waals surface area contributed by atoms with E-state index < -0.39 is 5.92 Å². The van der Waals surface area contributed by atoms with E-state index >= 15 is 0 Å². The van der Waals surface area contributed by atoms with Gasteiger partial charge in [-0.15, -0.1) is 0 Å². The van der Waals surface area contributed by atoms with Crippen LogP contribution in [0.1, 0.15) is 21.8 Å². The summed E-state index contributed by atoms with van der Waals surface area (Å²) in [6.45, 7) is 1.45. The molecule has 0 bridgehead atoms. The van der Waals surface area contributed by atoms with Gasteiger partial charge in [0.05, 0.1) is 12.5 Å². The number of hydrogen-bond donors (Lipinski definition) is 1. The van der Waals surface area contributed by atoms with E-state index in [2.05, 4.69) is 5.32 Å². The average molecular weight is 414 g/mol. The van der Waals surface area contributed by atoms with Crippen LogP contribution in [0.3, 0.4) is 0 Å². The van der Waals surface area contributed by atoms with Gasteiger partial charge >= 0.3 is 0 Å². The molecule has 0 aromatic heterocycles. The largest absolute Gasteiger partial charge is 0.454 e. The fraction of sp³-hybridized carbons (Fsp3) is 0.364. The first-order valence-corrected chi connectivity index (χ1v) is 9.78. The van der Waals surface area contributed by atoms with E-state index in [1.165, 1.54) is 12.1 Å². The van der Waals surface area contributed by atoms with Crippen LogP contribution in [0.5, 0.6) is 11.5 Å². The van der Waals surface area contributed by atoms with Crippen LogP contribution in [0.4, 0.5) is 4.39 Å². The van der Waals surface area contributed by atoms with Gasteiger partial charge in [0.1, 0.15) is 5.82 Å². The number of nitrogens with one attached hydrogen (secondary N) is 1. The van der Waals surface area contributed by atoms with Crippen molar-refractivity contribution in [1.82, 2.24) is 10.2 Å². The van der Waals surface area contributed by atoms with E-state index in [-0.39, 0.29) is 36.9 Å². The van der Waals surface area contributed by atoms with Crippen molar-refractivity contribution in [1.29, 1.82) is 0 Å². The Balaban J connectivity index is 1.56. The van der Waals surface area contributed by atoms with Crippen molar-refractivity contribution in [3.05, 3.63) is 59.4 Å². The van der Waals surface area contributed by atoms with Gasteiger partial charge in [0.25, 0.3) is 5.91 Å². The highest BCUT2D eigenvalue weighted by atomic mass is 19.1. The van der Waals surface area contributed by atoms with Gasteiger partial charge in [-0.25, -0.2) is 4.39 Å². The molecule has 0 spiro atoms. The van der Waals surface area contributed by atoms with Crippen LogP contribution in [0.2, 0.25) is 0 Å². The Hall–Kier alpha value is -3.13. The fourth-order valence-electron chi connectivity index (χ4n) is 3.93. The monoisotopic (exact) mass is 414 g/mol. The molecule has 2 aromatic carbocycles. The number of halogens is 1. The van der Waals surface area contributed by atoms with Crippen molar-refractivity contribution < 1.29 is 28.2 Å². The highest BCUT2D eigenvalue weighted by molar-refractivity contribution is 5.96. The van der Waals surface area contributed by atoms with Gasteiger partial charge < -0.3 is 24.4 Å². The number of ether oxygens (including phenoxy) is 3. The summed E-state index contributed by atoms with van der Waals surface area (Å²) in [7, 11) is 1.56. The van der Waals surface area contributed by atoms with Crippen molar-refractivity contribution >= 4 is 11.8 Å². The predicted molar refractivity (Wildman–Crippen MR) is 106 cm³/mol. The molecule has 1 saturated heterocycles. The summed E-state index contributed by atoms with van der Waals surface area (Å²) >= 11 is 0. The number of nitrogens with zero attached hydrogens (tertiary/aromatic N) is 1. The second-order valence-corrected chi connectivity index (χ2v) is 7.33. The van der Waals surface area contributed by atoms with Crippen LogP contribution in [0.15, 0.2) is 42.5 Å². The topological polar surface area (TPSA) is 77.1 Å². The number of carbonyl (C=O) groups excluding carboxylic acids is 2. The molecule has 7 nitrogen and oxygen atoms in total. The van der Waals surface area contributed by atoms with Crippen molar-refractivity contribution in [2.45, 2.75) is 5.92 Å². The van der Waals surface area contributed by atoms with Gasteiger partial charge in [0.15, 0.2) is 11.5 Å². The van der Waals surface area contributed by atoms with E-state index in [1.54, 1.807) is 42.3 Å². The van der Waals surface area contributed by atoms with Gasteiger partial charge in [-0.2, -0.15) is 0 Å².